The molecule has 1 fully saturated rings. The molecule has 2 N–H and O–H groups in total. The highest BCUT2D eigenvalue weighted by Crippen LogP contribution is 2.21. The van der Waals surface area contributed by atoms with Crippen molar-refractivity contribution in [1.82, 2.24) is 9.62 Å². The maximum absolute atomic E-state index is 12.5. The molecule has 1 saturated heterocycles. The monoisotopic (exact) mass is 421 g/mol. The van der Waals surface area contributed by atoms with E-state index in [0.717, 1.165) is 12.8 Å². The van der Waals surface area contributed by atoms with Crippen LogP contribution in [0.4, 0.5) is 5.69 Å². The number of nitrogens with one attached hydrogen (secondary N) is 2. The van der Waals surface area contributed by atoms with Crippen LogP contribution < -0.4 is 10.6 Å². The van der Waals surface area contributed by atoms with Crippen LogP contribution in [0.1, 0.15) is 18.4 Å². The summed E-state index contributed by atoms with van der Waals surface area (Å²) in [6.07, 6.45) is 1.75. The van der Waals surface area contributed by atoms with Gasteiger partial charge in [0.15, 0.2) is 0 Å². The first-order valence-corrected chi connectivity index (χ1v) is 10.6. The van der Waals surface area contributed by atoms with Gasteiger partial charge in [0.1, 0.15) is 0 Å². The molecule has 28 heavy (non-hydrogen) atoms. The standard InChI is InChI=1S/C19H20ClN3O4S/c20-16-5-1-2-6-17(16)22-19(25)18(24)21-13-14-7-9-15(10-8-14)28(26,27)23-11-3-4-12-23/h1-2,5-10H,3-4,11-13H2,(H,21,24)(H,22,25). The number of rotatable bonds is 5. The third-order valence-corrected chi connectivity index (χ3v) is 6.65. The Hall–Kier alpha value is -2.42. The van der Waals surface area contributed by atoms with Crippen molar-refractivity contribution < 1.29 is 18.0 Å². The first kappa shape index (κ1) is 20.3. The van der Waals surface area contributed by atoms with E-state index in [1.165, 1.54) is 16.4 Å². The van der Waals surface area contributed by atoms with Gasteiger partial charge in [-0.15, -0.1) is 0 Å². The van der Waals surface area contributed by atoms with E-state index in [-0.39, 0.29) is 11.4 Å². The van der Waals surface area contributed by atoms with Crippen LogP contribution in [0.2, 0.25) is 5.02 Å². The lowest BCUT2D eigenvalue weighted by molar-refractivity contribution is -0.136. The van der Waals surface area contributed by atoms with Gasteiger partial charge in [-0.1, -0.05) is 35.9 Å². The quantitative estimate of drug-likeness (QED) is 0.724. The predicted molar refractivity (Wildman–Crippen MR) is 106 cm³/mol. The second kappa shape index (κ2) is 8.72. The molecule has 0 aromatic heterocycles. The molecule has 148 valence electrons. The second-order valence-electron chi connectivity index (χ2n) is 6.37. The van der Waals surface area contributed by atoms with Gasteiger partial charge in [0.2, 0.25) is 10.0 Å². The van der Waals surface area contributed by atoms with E-state index < -0.39 is 21.8 Å². The zero-order chi connectivity index (χ0) is 20.1. The fraction of sp³-hybridized carbons (Fsp3) is 0.263. The minimum atomic E-state index is -3.47. The van der Waals surface area contributed by atoms with E-state index >= 15 is 0 Å². The van der Waals surface area contributed by atoms with Gasteiger partial charge < -0.3 is 10.6 Å². The van der Waals surface area contributed by atoms with Crippen LogP contribution in [-0.2, 0) is 26.2 Å². The molecule has 1 aliphatic heterocycles. The van der Waals surface area contributed by atoms with Crippen molar-refractivity contribution >= 4 is 39.1 Å². The Morgan fingerprint density at radius 2 is 1.61 bits per heavy atom. The van der Waals surface area contributed by atoms with Crippen LogP contribution in [0.25, 0.3) is 0 Å². The summed E-state index contributed by atoms with van der Waals surface area (Å²) in [6.45, 7) is 1.18. The molecule has 0 atom stereocenters. The molecule has 0 saturated carbocycles. The van der Waals surface area contributed by atoms with Crippen molar-refractivity contribution in [3.63, 3.8) is 0 Å². The van der Waals surface area contributed by atoms with Gasteiger partial charge >= 0.3 is 11.8 Å². The largest absolute Gasteiger partial charge is 0.344 e. The SMILES string of the molecule is O=C(NCc1ccc(S(=O)(=O)N2CCCC2)cc1)C(=O)Nc1ccccc1Cl. The van der Waals surface area contributed by atoms with E-state index in [0.29, 0.717) is 29.4 Å². The Kier molecular flexibility index (Phi) is 6.33. The Bertz CT molecular complexity index is 971. The summed E-state index contributed by atoms with van der Waals surface area (Å²) in [7, 11) is -3.47. The molecule has 2 amide bonds. The number of amides is 2. The van der Waals surface area contributed by atoms with Gasteiger partial charge in [-0.2, -0.15) is 4.31 Å². The molecular weight excluding hydrogens is 402 g/mol. The molecule has 0 spiro atoms. The molecule has 7 nitrogen and oxygen atoms in total. The van der Waals surface area contributed by atoms with Crippen molar-refractivity contribution in [3.05, 3.63) is 59.1 Å². The predicted octanol–water partition coefficient (Wildman–Crippen LogP) is 2.38. The van der Waals surface area contributed by atoms with Gasteiger partial charge in [-0.25, -0.2) is 8.42 Å². The molecule has 0 unspecified atom stereocenters. The smallest absolute Gasteiger partial charge is 0.313 e. The first-order chi connectivity index (χ1) is 13.4. The summed E-state index contributed by atoms with van der Waals surface area (Å²) in [6, 6.07) is 12.9. The molecule has 1 heterocycles. The number of nitrogens with zero attached hydrogens (tertiary/aromatic N) is 1. The van der Waals surface area contributed by atoms with Gasteiger partial charge in [0.25, 0.3) is 0 Å². The summed E-state index contributed by atoms with van der Waals surface area (Å²) in [5.41, 5.74) is 1.03. The van der Waals surface area contributed by atoms with Crippen molar-refractivity contribution in [1.29, 1.82) is 0 Å². The maximum atomic E-state index is 12.5. The number of para-hydroxylation sites is 1. The summed E-state index contributed by atoms with van der Waals surface area (Å²) in [5.74, 6) is -1.64. The van der Waals surface area contributed by atoms with Crippen molar-refractivity contribution in [3.8, 4) is 0 Å². The fourth-order valence-electron chi connectivity index (χ4n) is 2.86. The number of carbonyl (C=O) groups is 2. The number of halogens is 1. The Morgan fingerprint density at radius 3 is 2.25 bits per heavy atom. The molecular formula is C19H20ClN3O4S. The fourth-order valence-corrected chi connectivity index (χ4v) is 4.56. The third-order valence-electron chi connectivity index (χ3n) is 4.41. The summed E-state index contributed by atoms with van der Waals surface area (Å²) >= 11 is 5.95. The Morgan fingerprint density at radius 1 is 0.964 bits per heavy atom. The molecule has 0 aliphatic carbocycles. The number of carbonyl (C=O) groups excluding carboxylic acids is 2. The summed E-state index contributed by atoms with van der Waals surface area (Å²) in [5, 5.41) is 5.27. The van der Waals surface area contributed by atoms with Crippen molar-refractivity contribution in [2.24, 2.45) is 0 Å². The highest BCUT2D eigenvalue weighted by molar-refractivity contribution is 7.89. The van der Waals surface area contributed by atoms with Crippen molar-refractivity contribution in [2.45, 2.75) is 24.3 Å². The lowest BCUT2D eigenvalue weighted by Crippen LogP contribution is -2.35. The maximum Gasteiger partial charge on any atom is 0.313 e. The van der Waals surface area contributed by atoms with Crippen LogP contribution in [-0.4, -0.2) is 37.6 Å². The molecule has 0 bridgehead atoms. The molecule has 2 aromatic carbocycles. The molecule has 9 heteroatoms. The second-order valence-corrected chi connectivity index (χ2v) is 8.72. The van der Waals surface area contributed by atoms with Gasteiger partial charge in [-0.3, -0.25) is 9.59 Å². The van der Waals surface area contributed by atoms with E-state index in [1.54, 1.807) is 36.4 Å². The topological polar surface area (TPSA) is 95.6 Å². The minimum Gasteiger partial charge on any atom is -0.344 e. The average molecular weight is 422 g/mol. The number of hydrogen-bond donors (Lipinski definition) is 2. The Balaban J connectivity index is 1.56. The van der Waals surface area contributed by atoms with E-state index in [9.17, 15) is 18.0 Å². The van der Waals surface area contributed by atoms with Crippen LogP contribution in [0.15, 0.2) is 53.4 Å². The lowest BCUT2D eigenvalue weighted by atomic mass is 10.2. The number of hydrogen-bond acceptors (Lipinski definition) is 4. The average Bonchev–Trinajstić information content (AvgIpc) is 3.24. The molecule has 0 radical (unpaired) electrons. The minimum absolute atomic E-state index is 0.0960. The zero-order valence-corrected chi connectivity index (χ0v) is 16.6. The van der Waals surface area contributed by atoms with Crippen LogP contribution >= 0.6 is 11.6 Å². The molecule has 3 rings (SSSR count). The first-order valence-electron chi connectivity index (χ1n) is 8.81. The van der Waals surface area contributed by atoms with Crippen LogP contribution in [0.5, 0.6) is 0 Å². The van der Waals surface area contributed by atoms with Crippen LogP contribution in [0.3, 0.4) is 0 Å². The molecule has 1 aliphatic rings. The van der Waals surface area contributed by atoms with E-state index in [1.807, 2.05) is 0 Å². The van der Waals surface area contributed by atoms with E-state index in [4.69, 9.17) is 11.6 Å². The van der Waals surface area contributed by atoms with Gasteiger partial charge in [0, 0.05) is 19.6 Å². The third kappa shape index (κ3) is 4.70. The highest BCUT2D eigenvalue weighted by Gasteiger charge is 2.26. The zero-order valence-electron chi connectivity index (χ0n) is 15.0. The Labute approximate surface area is 168 Å². The highest BCUT2D eigenvalue weighted by atomic mass is 35.5. The number of benzene rings is 2. The van der Waals surface area contributed by atoms with Crippen LogP contribution in [0, 0.1) is 0 Å². The summed E-state index contributed by atoms with van der Waals surface area (Å²) < 4.78 is 26.5. The van der Waals surface area contributed by atoms with E-state index in [2.05, 4.69) is 10.6 Å². The van der Waals surface area contributed by atoms with Gasteiger partial charge in [0.05, 0.1) is 15.6 Å². The normalized spacial score (nSPS) is 14.6. The van der Waals surface area contributed by atoms with Gasteiger partial charge in [-0.05, 0) is 42.7 Å². The number of sulfonamides is 1. The number of anilines is 1. The summed E-state index contributed by atoms with van der Waals surface area (Å²) in [4.78, 5) is 24.1. The molecule has 2 aromatic rings. The van der Waals surface area contributed by atoms with Crippen molar-refractivity contribution in [2.75, 3.05) is 18.4 Å². The lowest BCUT2D eigenvalue weighted by Gasteiger charge is -2.15.